The zero-order valence-corrected chi connectivity index (χ0v) is 11.1. The lowest BCUT2D eigenvalue weighted by atomic mass is 10.1. The van der Waals surface area contributed by atoms with Crippen LogP contribution in [-0.4, -0.2) is 16.7 Å². The average Bonchev–Trinajstić information content (AvgIpc) is 2.80. The van der Waals surface area contributed by atoms with Crippen molar-refractivity contribution in [1.29, 1.82) is 0 Å². The van der Waals surface area contributed by atoms with Crippen LogP contribution in [0.15, 0.2) is 35.1 Å². The largest absolute Gasteiger partial charge is 0.497 e. The van der Waals surface area contributed by atoms with Crippen molar-refractivity contribution in [3.63, 3.8) is 0 Å². The van der Waals surface area contributed by atoms with Crippen molar-refractivity contribution >= 4 is 0 Å². The van der Waals surface area contributed by atoms with Gasteiger partial charge >= 0.3 is 0 Å². The number of nitrogens with zero attached hydrogens (tertiary/aromatic N) is 2. The van der Waals surface area contributed by atoms with E-state index in [2.05, 4.69) is 11.9 Å². The van der Waals surface area contributed by atoms with Crippen molar-refractivity contribution in [1.82, 2.24) is 9.55 Å². The van der Waals surface area contributed by atoms with Crippen LogP contribution in [0, 0.1) is 5.92 Å². The normalized spacial score (nSPS) is 17.3. The van der Waals surface area contributed by atoms with Crippen LogP contribution in [0.3, 0.4) is 0 Å². The summed E-state index contributed by atoms with van der Waals surface area (Å²) >= 11 is 0. The number of hydrogen-bond donors (Lipinski definition) is 0. The summed E-state index contributed by atoms with van der Waals surface area (Å²) in [5.74, 6) is 2.19. The van der Waals surface area contributed by atoms with Crippen LogP contribution in [0.5, 0.6) is 5.75 Å². The van der Waals surface area contributed by atoms with Gasteiger partial charge < -0.3 is 4.74 Å². The van der Waals surface area contributed by atoms with Gasteiger partial charge in [0.15, 0.2) is 0 Å². The van der Waals surface area contributed by atoms with Gasteiger partial charge in [-0.2, -0.15) is 0 Å². The Bertz CT molecular complexity index is 659. The third kappa shape index (κ3) is 2.14. The van der Waals surface area contributed by atoms with Crippen LogP contribution < -0.4 is 10.3 Å². The van der Waals surface area contributed by atoms with Gasteiger partial charge in [0, 0.05) is 24.6 Å². The van der Waals surface area contributed by atoms with Crippen LogP contribution >= 0.6 is 0 Å². The summed E-state index contributed by atoms with van der Waals surface area (Å²) in [5.41, 5.74) is 1.73. The third-order valence-corrected chi connectivity index (χ3v) is 3.50. The van der Waals surface area contributed by atoms with E-state index in [4.69, 9.17) is 4.74 Å². The number of aromatic nitrogens is 2. The second kappa shape index (κ2) is 4.53. The fraction of sp³-hybridized carbons (Fsp3) is 0.333. The Labute approximate surface area is 111 Å². The van der Waals surface area contributed by atoms with Crippen LogP contribution in [0.4, 0.5) is 0 Å². The first-order valence-electron chi connectivity index (χ1n) is 6.42. The maximum Gasteiger partial charge on any atom is 0.254 e. The number of benzene rings is 1. The molecule has 0 bridgehead atoms. The minimum Gasteiger partial charge on any atom is -0.497 e. The van der Waals surface area contributed by atoms with Gasteiger partial charge in [-0.25, -0.2) is 4.98 Å². The van der Waals surface area contributed by atoms with Crippen LogP contribution in [0.25, 0.3) is 11.3 Å². The molecule has 1 aromatic heterocycles. The lowest BCUT2D eigenvalue weighted by molar-refractivity contribution is 0.415. The summed E-state index contributed by atoms with van der Waals surface area (Å²) in [7, 11) is 1.64. The first-order chi connectivity index (χ1) is 9.17. The molecule has 0 unspecified atom stereocenters. The van der Waals surface area contributed by atoms with Gasteiger partial charge in [-0.05, 0) is 30.2 Å². The molecule has 0 aliphatic carbocycles. The fourth-order valence-corrected chi connectivity index (χ4v) is 2.50. The van der Waals surface area contributed by atoms with E-state index in [-0.39, 0.29) is 5.56 Å². The molecular weight excluding hydrogens is 240 g/mol. The van der Waals surface area contributed by atoms with Crippen molar-refractivity contribution in [3.05, 3.63) is 46.5 Å². The molecule has 1 aliphatic heterocycles. The maximum atomic E-state index is 12.1. The van der Waals surface area contributed by atoms with Gasteiger partial charge in [0.2, 0.25) is 0 Å². The van der Waals surface area contributed by atoms with Gasteiger partial charge in [0.25, 0.3) is 5.56 Å². The van der Waals surface area contributed by atoms with Gasteiger partial charge in [-0.3, -0.25) is 9.36 Å². The highest BCUT2D eigenvalue weighted by Gasteiger charge is 2.20. The highest BCUT2D eigenvalue weighted by Crippen LogP contribution is 2.22. The molecule has 3 rings (SSSR count). The summed E-state index contributed by atoms with van der Waals surface area (Å²) in [4.78, 5) is 16.7. The minimum atomic E-state index is 0.0418. The third-order valence-electron chi connectivity index (χ3n) is 3.50. The van der Waals surface area contributed by atoms with Crippen molar-refractivity contribution < 1.29 is 4.74 Å². The monoisotopic (exact) mass is 256 g/mol. The van der Waals surface area contributed by atoms with Crippen molar-refractivity contribution in [2.24, 2.45) is 5.92 Å². The van der Waals surface area contributed by atoms with Crippen LogP contribution in [0.2, 0.25) is 0 Å². The Morgan fingerprint density at radius 1 is 1.32 bits per heavy atom. The predicted molar refractivity (Wildman–Crippen MR) is 73.4 cm³/mol. The second-order valence-corrected chi connectivity index (χ2v) is 5.04. The van der Waals surface area contributed by atoms with Gasteiger partial charge in [0.1, 0.15) is 11.6 Å². The molecule has 1 aromatic carbocycles. The molecule has 0 spiro atoms. The topological polar surface area (TPSA) is 44.1 Å². The van der Waals surface area contributed by atoms with Gasteiger partial charge in [0.05, 0.1) is 12.8 Å². The standard InChI is InChI=1S/C15H16N2O2/c1-10-7-14-16-13(8-15(18)17(14)9-10)11-3-5-12(19-2)6-4-11/h3-6,8,10H,7,9H2,1-2H3/t10-/m0/s1. The molecule has 0 fully saturated rings. The van der Waals surface area contributed by atoms with Crippen molar-refractivity contribution in [2.75, 3.05) is 7.11 Å². The van der Waals surface area contributed by atoms with E-state index >= 15 is 0 Å². The summed E-state index contributed by atoms with van der Waals surface area (Å²) in [6.07, 6.45) is 0.874. The molecule has 2 heterocycles. The summed E-state index contributed by atoms with van der Waals surface area (Å²) in [6, 6.07) is 9.23. The van der Waals surface area contributed by atoms with Crippen LogP contribution in [-0.2, 0) is 13.0 Å². The van der Waals surface area contributed by atoms with Crippen molar-refractivity contribution in [3.8, 4) is 17.0 Å². The average molecular weight is 256 g/mol. The first kappa shape index (κ1) is 12.0. The number of hydrogen-bond acceptors (Lipinski definition) is 3. The molecule has 2 aromatic rings. The van der Waals surface area contributed by atoms with E-state index in [1.54, 1.807) is 17.7 Å². The fourth-order valence-electron chi connectivity index (χ4n) is 2.50. The first-order valence-corrected chi connectivity index (χ1v) is 6.42. The Morgan fingerprint density at radius 2 is 2.05 bits per heavy atom. The zero-order chi connectivity index (χ0) is 13.4. The predicted octanol–water partition coefficient (Wildman–Crippen LogP) is 2.11. The minimum absolute atomic E-state index is 0.0418. The molecule has 1 atom stereocenters. The molecule has 19 heavy (non-hydrogen) atoms. The lowest BCUT2D eigenvalue weighted by Gasteiger charge is -2.06. The van der Waals surface area contributed by atoms with E-state index in [0.717, 1.165) is 35.8 Å². The molecule has 0 radical (unpaired) electrons. The highest BCUT2D eigenvalue weighted by atomic mass is 16.5. The second-order valence-electron chi connectivity index (χ2n) is 5.04. The molecule has 0 saturated heterocycles. The molecule has 98 valence electrons. The smallest absolute Gasteiger partial charge is 0.254 e. The maximum absolute atomic E-state index is 12.1. The molecule has 4 heteroatoms. The molecule has 4 nitrogen and oxygen atoms in total. The zero-order valence-electron chi connectivity index (χ0n) is 11.1. The Kier molecular flexibility index (Phi) is 2.85. The molecule has 0 amide bonds. The highest BCUT2D eigenvalue weighted by molar-refractivity contribution is 5.59. The van der Waals surface area contributed by atoms with E-state index in [1.165, 1.54) is 0 Å². The molecule has 1 aliphatic rings. The summed E-state index contributed by atoms with van der Waals surface area (Å²) in [6.45, 7) is 2.92. The Balaban J connectivity index is 2.04. The van der Waals surface area contributed by atoms with Gasteiger partial charge in [-0.1, -0.05) is 6.92 Å². The van der Waals surface area contributed by atoms with E-state index in [0.29, 0.717) is 5.92 Å². The summed E-state index contributed by atoms with van der Waals surface area (Å²) < 4.78 is 6.91. The number of fused-ring (bicyclic) bond motifs is 1. The quantitative estimate of drug-likeness (QED) is 0.826. The van der Waals surface area contributed by atoms with E-state index in [9.17, 15) is 4.79 Å². The molecular formula is C15H16N2O2. The lowest BCUT2D eigenvalue weighted by Crippen LogP contribution is -2.20. The van der Waals surface area contributed by atoms with Crippen LogP contribution in [0.1, 0.15) is 12.7 Å². The number of rotatable bonds is 2. The molecule has 0 saturated carbocycles. The van der Waals surface area contributed by atoms with Crippen molar-refractivity contribution in [2.45, 2.75) is 19.9 Å². The van der Waals surface area contributed by atoms with Gasteiger partial charge in [-0.15, -0.1) is 0 Å². The van der Waals surface area contributed by atoms with E-state index < -0.39 is 0 Å². The Hall–Kier alpha value is -2.10. The Morgan fingerprint density at radius 3 is 2.74 bits per heavy atom. The molecule has 0 N–H and O–H groups in total. The summed E-state index contributed by atoms with van der Waals surface area (Å²) in [5, 5.41) is 0. The van der Waals surface area contributed by atoms with E-state index in [1.807, 2.05) is 24.3 Å². The SMILES string of the molecule is COc1ccc(-c2cc(=O)n3c(n2)C[C@H](C)C3)cc1. The number of ether oxygens (including phenoxy) is 1. The number of methoxy groups -OCH3 is 1.